The fourth-order valence-electron chi connectivity index (χ4n) is 3.77. The van der Waals surface area contributed by atoms with Crippen molar-refractivity contribution in [3.63, 3.8) is 0 Å². The summed E-state index contributed by atoms with van der Waals surface area (Å²) in [6.45, 7) is 3.40. The van der Waals surface area contributed by atoms with Gasteiger partial charge in [-0.2, -0.15) is 0 Å². The molecule has 0 saturated carbocycles. The van der Waals surface area contributed by atoms with E-state index in [9.17, 15) is 8.78 Å². The van der Waals surface area contributed by atoms with Gasteiger partial charge in [-0.3, -0.25) is 19.8 Å². The molecular formula is C17H18F2N4. The summed E-state index contributed by atoms with van der Waals surface area (Å²) in [5.74, 6) is -0.570. The second kappa shape index (κ2) is 5.94. The smallest absolute Gasteiger partial charge is 0.141 e. The normalized spacial score (nSPS) is 24.4. The van der Waals surface area contributed by atoms with Crippen molar-refractivity contribution < 1.29 is 8.78 Å². The van der Waals surface area contributed by atoms with Crippen LogP contribution in [0.4, 0.5) is 8.78 Å². The van der Waals surface area contributed by atoms with Crippen LogP contribution in [0.25, 0.3) is 0 Å². The summed E-state index contributed by atoms with van der Waals surface area (Å²) in [7, 11) is 0. The van der Waals surface area contributed by atoms with Gasteiger partial charge in [0.25, 0.3) is 0 Å². The standard InChI is InChI=1S/C17H18F2N4/c18-14-1-12(4-20-6-14)8-22-10-17-3-16(22)11-23(17)9-13-2-15(19)7-21-5-13/h1-2,4-7,16-17H,3,8-11H2/t16-,17-/m0/s1. The Kier molecular flexibility index (Phi) is 3.79. The van der Waals surface area contributed by atoms with Crippen LogP contribution >= 0.6 is 0 Å². The van der Waals surface area contributed by atoms with E-state index >= 15 is 0 Å². The first-order valence-corrected chi connectivity index (χ1v) is 7.84. The van der Waals surface area contributed by atoms with Gasteiger partial charge in [-0.05, 0) is 29.7 Å². The molecule has 2 aromatic rings. The maximum absolute atomic E-state index is 13.2. The van der Waals surface area contributed by atoms with E-state index in [1.807, 2.05) is 0 Å². The summed E-state index contributed by atoms with van der Waals surface area (Å²) >= 11 is 0. The molecule has 2 atom stereocenters. The Balaban J connectivity index is 1.38. The maximum Gasteiger partial charge on any atom is 0.141 e. The molecule has 2 saturated heterocycles. The minimum absolute atomic E-state index is 0.285. The minimum Gasteiger partial charge on any atom is -0.293 e. The van der Waals surface area contributed by atoms with E-state index in [0.717, 1.165) is 43.7 Å². The Morgan fingerprint density at radius 3 is 1.70 bits per heavy atom. The lowest BCUT2D eigenvalue weighted by molar-refractivity contribution is 0.117. The highest BCUT2D eigenvalue weighted by Crippen LogP contribution is 2.32. The number of likely N-dealkylation sites (tertiary alicyclic amines) is 2. The highest BCUT2D eigenvalue weighted by atomic mass is 19.1. The van der Waals surface area contributed by atoms with Crippen LogP contribution in [0.3, 0.4) is 0 Å². The van der Waals surface area contributed by atoms with Crippen LogP contribution in [-0.2, 0) is 13.1 Å². The molecule has 4 nitrogen and oxygen atoms in total. The van der Waals surface area contributed by atoms with E-state index in [0.29, 0.717) is 12.1 Å². The van der Waals surface area contributed by atoms with Crippen LogP contribution in [0.2, 0.25) is 0 Å². The number of hydrogen-bond acceptors (Lipinski definition) is 4. The highest BCUT2D eigenvalue weighted by Gasteiger charge is 2.42. The fraction of sp³-hybridized carbons (Fsp3) is 0.412. The lowest BCUT2D eigenvalue weighted by atomic mass is 10.2. The second-order valence-electron chi connectivity index (χ2n) is 6.43. The number of hydrogen-bond donors (Lipinski definition) is 0. The molecule has 120 valence electrons. The van der Waals surface area contributed by atoms with Gasteiger partial charge in [0.1, 0.15) is 11.6 Å². The summed E-state index contributed by atoms with van der Waals surface area (Å²) in [5.41, 5.74) is 1.83. The average molecular weight is 316 g/mol. The quantitative estimate of drug-likeness (QED) is 0.866. The van der Waals surface area contributed by atoms with Crippen molar-refractivity contribution in [2.75, 3.05) is 13.1 Å². The summed E-state index contributed by atoms with van der Waals surface area (Å²) in [6, 6.07) is 4.05. The zero-order chi connectivity index (χ0) is 15.8. The van der Waals surface area contributed by atoms with Gasteiger partial charge >= 0.3 is 0 Å². The van der Waals surface area contributed by atoms with Crippen molar-refractivity contribution in [3.05, 3.63) is 59.7 Å². The number of fused-ring (bicyclic) bond motifs is 2. The Bertz CT molecular complexity index is 649. The van der Waals surface area contributed by atoms with Crippen LogP contribution in [0.15, 0.2) is 36.9 Å². The van der Waals surface area contributed by atoms with Crippen molar-refractivity contribution in [1.29, 1.82) is 0 Å². The summed E-state index contributed by atoms with van der Waals surface area (Å²) < 4.78 is 26.5. The van der Waals surface area contributed by atoms with Crippen LogP contribution < -0.4 is 0 Å². The third kappa shape index (κ3) is 3.09. The monoisotopic (exact) mass is 316 g/mol. The molecule has 6 heteroatoms. The van der Waals surface area contributed by atoms with Gasteiger partial charge in [-0.25, -0.2) is 8.78 Å². The van der Waals surface area contributed by atoms with Gasteiger partial charge < -0.3 is 0 Å². The topological polar surface area (TPSA) is 32.3 Å². The molecule has 4 heterocycles. The van der Waals surface area contributed by atoms with Crippen molar-refractivity contribution >= 4 is 0 Å². The van der Waals surface area contributed by atoms with Crippen LogP contribution in [0, 0.1) is 11.6 Å². The van der Waals surface area contributed by atoms with Crippen molar-refractivity contribution in [2.45, 2.75) is 31.6 Å². The predicted octanol–water partition coefficient (Wildman–Crippen LogP) is 2.21. The number of halogens is 2. The van der Waals surface area contributed by atoms with Gasteiger partial charge in [0, 0.05) is 50.7 Å². The first kappa shape index (κ1) is 14.7. The van der Waals surface area contributed by atoms with Crippen molar-refractivity contribution in [2.24, 2.45) is 0 Å². The van der Waals surface area contributed by atoms with Gasteiger partial charge in [0.05, 0.1) is 12.4 Å². The van der Waals surface area contributed by atoms with E-state index in [1.165, 1.54) is 12.4 Å². The molecule has 2 aliphatic rings. The van der Waals surface area contributed by atoms with E-state index in [1.54, 1.807) is 24.5 Å². The first-order valence-electron chi connectivity index (χ1n) is 7.84. The molecule has 23 heavy (non-hydrogen) atoms. The van der Waals surface area contributed by atoms with Crippen molar-refractivity contribution in [3.8, 4) is 0 Å². The van der Waals surface area contributed by atoms with Crippen LogP contribution in [0.5, 0.6) is 0 Å². The Hall–Kier alpha value is -1.92. The molecule has 2 bridgehead atoms. The lowest BCUT2D eigenvalue weighted by Crippen LogP contribution is -2.45. The number of piperazine rings is 1. The predicted molar refractivity (Wildman–Crippen MR) is 81.4 cm³/mol. The summed E-state index contributed by atoms with van der Waals surface area (Å²) in [6.07, 6.45) is 7.03. The summed E-state index contributed by atoms with van der Waals surface area (Å²) in [4.78, 5) is 12.6. The molecule has 0 radical (unpaired) electrons. The van der Waals surface area contributed by atoms with Gasteiger partial charge in [-0.1, -0.05) is 0 Å². The summed E-state index contributed by atoms with van der Waals surface area (Å²) in [5, 5.41) is 0. The minimum atomic E-state index is -0.285. The molecule has 0 aromatic carbocycles. The Labute approximate surface area is 133 Å². The molecule has 4 rings (SSSR count). The lowest BCUT2D eigenvalue weighted by Gasteiger charge is -2.34. The van der Waals surface area contributed by atoms with E-state index in [4.69, 9.17) is 0 Å². The van der Waals surface area contributed by atoms with Gasteiger partial charge in [0.15, 0.2) is 0 Å². The Morgan fingerprint density at radius 1 is 0.826 bits per heavy atom. The fourth-order valence-corrected chi connectivity index (χ4v) is 3.77. The third-order valence-electron chi connectivity index (χ3n) is 4.76. The molecule has 2 fully saturated rings. The SMILES string of the molecule is Fc1cncc(CN2C[C@@H]3C[C@H]2CN3Cc2cncc(F)c2)c1. The van der Waals surface area contributed by atoms with Gasteiger partial charge in [-0.15, -0.1) is 0 Å². The van der Waals surface area contributed by atoms with Crippen LogP contribution in [-0.4, -0.2) is 44.9 Å². The van der Waals surface area contributed by atoms with E-state index < -0.39 is 0 Å². The molecule has 0 N–H and O–H groups in total. The highest BCUT2D eigenvalue weighted by molar-refractivity contribution is 5.14. The molecule has 2 aromatic heterocycles. The molecular weight excluding hydrogens is 298 g/mol. The largest absolute Gasteiger partial charge is 0.293 e. The second-order valence-corrected chi connectivity index (χ2v) is 6.43. The zero-order valence-corrected chi connectivity index (χ0v) is 12.7. The zero-order valence-electron chi connectivity index (χ0n) is 12.7. The first-order chi connectivity index (χ1) is 11.2. The molecule has 0 aliphatic carbocycles. The molecule has 0 amide bonds. The van der Waals surface area contributed by atoms with E-state index in [-0.39, 0.29) is 11.6 Å². The van der Waals surface area contributed by atoms with Crippen LogP contribution in [0.1, 0.15) is 17.5 Å². The van der Waals surface area contributed by atoms with E-state index in [2.05, 4.69) is 19.8 Å². The molecule has 0 spiro atoms. The van der Waals surface area contributed by atoms with Crippen molar-refractivity contribution in [1.82, 2.24) is 19.8 Å². The third-order valence-corrected chi connectivity index (χ3v) is 4.76. The Morgan fingerprint density at radius 2 is 1.30 bits per heavy atom. The van der Waals surface area contributed by atoms with Gasteiger partial charge in [0.2, 0.25) is 0 Å². The number of aromatic nitrogens is 2. The average Bonchev–Trinajstić information content (AvgIpc) is 3.07. The number of pyridine rings is 2. The molecule has 0 unspecified atom stereocenters. The maximum atomic E-state index is 13.2. The number of nitrogens with zero attached hydrogens (tertiary/aromatic N) is 4. The number of rotatable bonds is 4. The molecule has 2 aliphatic heterocycles.